The van der Waals surface area contributed by atoms with E-state index in [2.05, 4.69) is 10.1 Å². The number of aryl methyl sites for hydroxylation is 2. The van der Waals surface area contributed by atoms with Crippen LogP contribution in [-0.2, 0) is 16.1 Å². The summed E-state index contributed by atoms with van der Waals surface area (Å²) in [7, 11) is 1.35. The van der Waals surface area contributed by atoms with Gasteiger partial charge in [-0.2, -0.15) is 0 Å². The normalized spacial score (nSPS) is 16.3. The molecule has 1 aliphatic carbocycles. The Morgan fingerprint density at radius 1 is 1.26 bits per heavy atom. The molecule has 1 fully saturated rings. The molecule has 1 aromatic carbocycles. The predicted molar refractivity (Wildman–Crippen MR) is 88.6 cm³/mol. The lowest BCUT2D eigenvalue weighted by Crippen LogP contribution is -2.37. The molecule has 0 bridgehead atoms. The van der Waals surface area contributed by atoms with Gasteiger partial charge in [-0.15, -0.1) is 0 Å². The van der Waals surface area contributed by atoms with Gasteiger partial charge in [0.15, 0.2) is 6.61 Å². The van der Waals surface area contributed by atoms with Crippen LogP contribution < -0.4 is 10.1 Å². The third-order valence-corrected chi connectivity index (χ3v) is 4.40. The molecule has 0 saturated heterocycles. The van der Waals surface area contributed by atoms with Gasteiger partial charge in [-0.25, -0.2) is 4.79 Å². The molecule has 1 saturated carbocycles. The molecule has 1 aliphatic rings. The van der Waals surface area contributed by atoms with Crippen molar-refractivity contribution in [3.8, 4) is 5.75 Å². The van der Waals surface area contributed by atoms with Crippen LogP contribution in [0.25, 0.3) is 0 Å². The van der Waals surface area contributed by atoms with E-state index >= 15 is 0 Å². The molecule has 5 nitrogen and oxygen atoms in total. The minimum atomic E-state index is -0.534. The van der Waals surface area contributed by atoms with E-state index in [1.165, 1.54) is 7.11 Å². The summed E-state index contributed by atoms with van der Waals surface area (Å²) in [6.07, 6.45) is 4.00. The Morgan fingerprint density at radius 2 is 1.87 bits per heavy atom. The number of rotatable bonds is 7. The van der Waals surface area contributed by atoms with Crippen molar-refractivity contribution in [1.29, 1.82) is 0 Å². The fourth-order valence-electron chi connectivity index (χ4n) is 3.21. The fourth-order valence-corrected chi connectivity index (χ4v) is 3.21. The quantitative estimate of drug-likeness (QED) is 0.754. The summed E-state index contributed by atoms with van der Waals surface area (Å²) in [5, 5.41) is 13.7. The summed E-state index contributed by atoms with van der Waals surface area (Å²) < 4.78 is 10.1. The number of hydrogen-bond donors (Lipinski definition) is 2. The van der Waals surface area contributed by atoms with Crippen molar-refractivity contribution < 1.29 is 19.4 Å². The molecule has 128 valence electrons. The van der Waals surface area contributed by atoms with Crippen molar-refractivity contribution in [2.75, 3.05) is 20.3 Å². The van der Waals surface area contributed by atoms with Crippen molar-refractivity contribution in [3.63, 3.8) is 0 Å². The van der Waals surface area contributed by atoms with Crippen LogP contribution in [0.2, 0.25) is 0 Å². The monoisotopic (exact) mass is 321 g/mol. The molecular formula is C18H27NO4. The standard InChI is InChI=1S/C18H27NO4/c1-13-8-15(10-19-12-18(21)6-4-5-7-18)9-14(2)17(13)23-11-16(20)22-3/h8-9,19,21H,4-7,10-12H2,1-3H3. The highest BCUT2D eigenvalue weighted by Crippen LogP contribution is 2.29. The summed E-state index contributed by atoms with van der Waals surface area (Å²) in [6.45, 7) is 5.19. The van der Waals surface area contributed by atoms with Crippen LogP contribution in [0.15, 0.2) is 12.1 Å². The second-order valence-electron chi connectivity index (χ2n) is 6.46. The van der Waals surface area contributed by atoms with E-state index in [9.17, 15) is 9.90 Å². The number of methoxy groups -OCH3 is 1. The average molecular weight is 321 g/mol. The molecule has 0 aromatic heterocycles. The summed E-state index contributed by atoms with van der Waals surface area (Å²) in [4.78, 5) is 11.2. The molecule has 0 atom stereocenters. The van der Waals surface area contributed by atoms with Crippen LogP contribution in [-0.4, -0.2) is 36.9 Å². The lowest BCUT2D eigenvalue weighted by Gasteiger charge is -2.22. The third kappa shape index (κ3) is 4.94. The fraction of sp³-hybridized carbons (Fsp3) is 0.611. The van der Waals surface area contributed by atoms with Crippen molar-refractivity contribution in [3.05, 3.63) is 28.8 Å². The first-order chi connectivity index (χ1) is 10.9. The lowest BCUT2D eigenvalue weighted by atomic mass is 10.0. The zero-order valence-electron chi connectivity index (χ0n) is 14.3. The lowest BCUT2D eigenvalue weighted by molar-refractivity contribution is -0.142. The van der Waals surface area contributed by atoms with Crippen molar-refractivity contribution in [2.45, 2.75) is 51.7 Å². The van der Waals surface area contributed by atoms with E-state index in [1.807, 2.05) is 26.0 Å². The van der Waals surface area contributed by atoms with Crippen LogP contribution in [0, 0.1) is 13.8 Å². The molecule has 2 rings (SSSR count). The Labute approximate surface area is 138 Å². The van der Waals surface area contributed by atoms with E-state index in [0.717, 1.165) is 48.1 Å². The maximum atomic E-state index is 11.2. The molecule has 23 heavy (non-hydrogen) atoms. The largest absolute Gasteiger partial charge is 0.481 e. The Morgan fingerprint density at radius 3 is 2.43 bits per heavy atom. The maximum absolute atomic E-state index is 11.2. The molecule has 0 heterocycles. The smallest absolute Gasteiger partial charge is 0.343 e. The van der Waals surface area contributed by atoms with Crippen LogP contribution in [0.4, 0.5) is 0 Å². The highest BCUT2D eigenvalue weighted by atomic mass is 16.6. The molecule has 1 aromatic rings. The summed E-state index contributed by atoms with van der Waals surface area (Å²) in [5.74, 6) is 0.341. The van der Waals surface area contributed by atoms with Crippen LogP contribution in [0.3, 0.4) is 0 Å². The third-order valence-electron chi connectivity index (χ3n) is 4.40. The van der Waals surface area contributed by atoms with E-state index < -0.39 is 5.60 Å². The van der Waals surface area contributed by atoms with Gasteiger partial charge in [0, 0.05) is 13.1 Å². The zero-order chi connectivity index (χ0) is 16.9. The summed E-state index contributed by atoms with van der Waals surface area (Å²) >= 11 is 0. The Kier molecular flexibility index (Phi) is 6.02. The first-order valence-electron chi connectivity index (χ1n) is 8.16. The number of ether oxygens (including phenoxy) is 2. The predicted octanol–water partition coefficient (Wildman–Crippen LogP) is 2.25. The second kappa shape index (κ2) is 7.79. The SMILES string of the molecule is COC(=O)COc1c(C)cc(CNCC2(O)CCCC2)cc1C. The molecular weight excluding hydrogens is 294 g/mol. The van der Waals surface area contributed by atoms with Gasteiger partial charge in [-0.1, -0.05) is 25.0 Å². The number of carbonyl (C=O) groups excluding carboxylic acids is 1. The van der Waals surface area contributed by atoms with Crippen LogP contribution in [0.5, 0.6) is 5.75 Å². The van der Waals surface area contributed by atoms with E-state index in [-0.39, 0.29) is 12.6 Å². The van der Waals surface area contributed by atoms with Gasteiger partial charge in [-0.05, 0) is 43.4 Å². The first kappa shape index (κ1) is 17.8. The molecule has 0 aliphatic heterocycles. The maximum Gasteiger partial charge on any atom is 0.343 e. The number of esters is 1. The minimum Gasteiger partial charge on any atom is -0.481 e. The summed E-state index contributed by atoms with van der Waals surface area (Å²) in [6, 6.07) is 4.09. The first-order valence-corrected chi connectivity index (χ1v) is 8.16. The number of nitrogens with one attached hydrogen (secondary N) is 1. The van der Waals surface area contributed by atoms with Gasteiger partial charge < -0.3 is 19.9 Å². The van der Waals surface area contributed by atoms with Crippen molar-refractivity contribution >= 4 is 5.97 Å². The van der Waals surface area contributed by atoms with Gasteiger partial charge in [0.1, 0.15) is 5.75 Å². The molecule has 2 N–H and O–H groups in total. The van der Waals surface area contributed by atoms with Gasteiger partial charge in [0.25, 0.3) is 0 Å². The molecule has 0 amide bonds. The zero-order valence-corrected chi connectivity index (χ0v) is 14.3. The van der Waals surface area contributed by atoms with Crippen LogP contribution in [0.1, 0.15) is 42.4 Å². The number of hydrogen-bond acceptors (Lipinski definition) is 5. The highest BCUT2D eigenvalue weighted by Gasteiger charge is 2.30. The van der Waals surface area contributed by atoms with E-state index in [1.54, 1.807) is 0 Å². The van der Waals surface area contributed by atoms with E-state index in [0.29, 0.717) is 13.1 Å². The molecule has 0 unspecified atom stereocenters. The Hall–Kier alpha value is -1.59. The van der Waals surface area contributed by atoms with Crippen molar-refractivity contribution in [1.82, 2.24) is 5.32 Å². The topological polar surface area (TPSA) is 67.8 Å². The number of aliphatic hydroxyl groups is 1. The van der Waals surface area contributed by atoms with Gasteiger partial charge in [-0.3, -0.25) is 0 Å². The Balaban J connectivity index is 1.92. The second-order valence-corrected chi connectivity index (χ2v) is 6.46. The van der Waals surface area contributed by atoms with E-state index in [4.69, 9.17) is 4.74 Å². The van der Waals surface area contributed by atoms with Crippen molar-refractivity contribution in [2.24, 2.45) is 0 Å². The summed E-state index contributed by atoms with van der Waals surface area (Å²) in [5.41, 5.74) is 2.59. The van der Waals surface area contributed by atoms with Gasteiger partial charge in [0.2, 0.25) is 0 Å². The molecule has 5 heteroatoms. The molecule has 0 radical (unpaired) electrons. The van der Waals surface area contributed by atoms with Crippen LogP contribution >= 0.6 is 0 Å². The highest BCUT2D eigenvalue weighted by molar-refractivity contribution is 5.71. The van der Waals surface area contributed by atoms with Gasteiger partial charge >= 0.3 is 5.97 Å². The minimum absolute atomic E-state index is 0.0805. The van der Waals surface area contributed by atoms with Gasteiger partial charge in [0.05, 0.1) is 12.7 Å². The Bertz CT molecular complexity index is 527. The molecule has 0 spiro atoms. The average Bonchev–Trinajstić information content (AvgIpc) is 2.93. The number of carbonyl (C=O) groups is 1. The number of benzene rings is 1.